The summed E-state index contributed by atoms with van der Waals surface area (Å²) >= 11 is 0. The van der Waals surface area contributed by atoms with Crippen molar-refractivity contribution in [1.29, 1.82) is 0 Å². The van der Waals surface area contributed by atoms with E-state index in [-0.39, 0.29) is 18.7 Å². The quantitative estimate of drug-likeness (QED) is 0.764. The fourth-order valence-electron chi connectivity index (χ4n) is 3.07. The monoisotopic (exact) mass is 366 g/mol. The van der Waals surface area contributed by atoms with Gasteiger partial charge in [0.05, 0.1) is 12.1 Å². The summed E-state index contributed by atoms with van der Waals surface area (Å²) in [5, 5.41) is 0.669. The van der Waals surface area contributed by atoms with Crippen LogP contribution >= 0.6 is 0 Å². The van der Waals surface area contributed by atoms with E-state index in [1.807, 2.05) is 0 Å². The second-order valence-corrected chi connectivity index (χ2v) is 6.11. The molecule has 2 amide bonds. The van der Waals surface area contributed by atoms with Crippen molar-refractivity contribution in [3.63, 3.8) is 0 Å². The van der Waals surface area contributed by atoms with Crippen molar-refractivity contribution >= 4 is 22.8 Å². The number of aryl methyl sites for hydroxylation is 1. The first kappa shape index (κ1) is 18.0. The summed E-state index contributed by atoms with van der Waals surface area (Å²) in [7, 11) is 1.78. The number of nitrogens with zero attached hydrogens (tertiary/aromatic N) is 4. The molecule has 0 saturated carbocycles. The number of pyridine rings is 1. The van der Waals surface area contributed by atoms with E-state index in [0.717, 1.165) is 15.9 Å². The molecule has 26 heavy (non-hydrogen) atoms. The highest BCUT2D eigenvalue weighted by molar-refractivity contribution is 5.97. The number of rotatable bonds is 2. The second kappa shape index (κ2) is 6.47. The minimum absolute atomic E-state index is 0.0180. The van der Waals surface area contributed by atoms with Gasteiger partial charge in [0.2, 0.25) is 5.91 Å². The van der Waals surface area contributed by atoms with Crippen molar-refractivity contribution in [3.05, 3.63) is 42.7 Å². The van der Waals surface area contributed by atoms with Crippen LogP contribution in [0.1, 0.15) is 10.4 Å². The minimum atomic E-state index is -4.65. The third-order valence-electron chi connectivity index (χ3n) is 4.46. The predicted molar refractivity (Wildman–Crippen MR) is 88.4 cm³/mol. The van der Waals surface area contributed by atoms with Crippen molar-refractivity contribution in [2.24, 2.45) is 7.05 Å². The molecule has 1 fully saturated rings. The number of carbonyl (C=O) groups is 2. The third kappa shape index (κ3) is 3.16. The highest BCUT2D eigenvalue weighted by Gasteiger charge is 2.49. The Labute approximate surface area is 147 Å². The van der Waals surface area contributed by atoms with Crippen LogP contribution in [0, 0.1) is 0 Å². The first-order valence-electron chi connectivity index (χ1n) is 7.92. The van der Waals surface area contributed by atoms with E-state index in [4.69, 9.17) is 0 Å². The standard InChI is InChI=1S/C17H17F3N4O2/c1-3-14(25)23-6-7-24(13(10-23)17(18,19)20)16(26)12-8-11-4-5-22(2)15(11)21-9-12/h3-5,8-9,13H,1,6-7,10H2,2H3. The molecule has 3 rings (SSSR count). The van der Waals surface area contributed by atoms with E-state index in [9.17, 15) is 22.8 Å². The Morgan fingerprint density at radius 1 is 1.35 bits per heavy atom. The molecule has 0 N–H and O–H groups in total. The van der Waals surface area contributed by atoms with Gasteiger partial charge in [0.15, 0.2) is 0 Å². The van der Waals surface area contributed by atoms with Gasteiger partial charge < -0.3 is 14.4 Å². The van der Waals surface area contributed by atoms with Gasteiger partial charge in [-0.25, -0.2) is 4.98 Å². The van der Waals surface area contributed by atoms with E-state index < -0.39 is 30.6 Å². The summed E-state index contributed by atoms with van der Waals surface area (Å²) in [6.07, 6.45) is -0.651. The molecule has 3 heterocycles. The average molecular weight is 366 g/mol. The van der Waals surface area contributed by atoms with Gasteiger partial charge in [-0.2, -0.15) is 13.2 Å². The van der Waals surface area contributed by atoms with Gasteiger partial charge in [0.1, 0.15) is 11.7 Å². The molecule has 0 aliphatic carbocycles. The second-order valence-electron chi connectivity index (χ2n) is 6.11. The molecule has 0 bridgehead atoms. The van der Waals surface area contributed by atoms with Gasteiger partial charge in [-0.05, 0) is 18.2 Å². The summed E-state index contributed by atoms with van der Waals surface area (Å²) in [5.41, 5.74) is 0.719. The molecule has 6 nitrogen and oxygen atoms in total. The summed E-state index contributed by atoms with van der Waals surface area (Å²) < 4.78 is 42.2. The highest BCUT2D eigenvalue weighted by atomic mass is 19.4. The largest absolute Gasteiger partial charge is 0.410 e. The zero-order valence-corrected chi connectivity index (χ0v) is 14.0. The Hall–Kier alpha value is -2.84. The molecular formula is C17H17F3N4O2. The normalized spacial score (nSPS) is 18.2. The van der Waals surface area contributed by atoms with Crippen LogP contribution in [-0.4, -0.2) is 63.0 Å². The van der Waals surface area contributed by atoms with Gasteiger partial charge in [-0.15, -0.1) is 0 Å². The van der Waals surface area contributed by atoms with Crippen LogP contribution in [-0.2, 0) is 11.8 Å². The van der Waals surface area contributed by atoms with Gasteiger partial charge in [0, 0.05) is 37.9 Å². The van der Waals surface area contributed by atoms with Crippen LogP contribution in [0.4, 0.5) is 13.2 Å². The maximum absolute atomic E-state index is 13.5. The molecule has 1 aliphatic heterocycles. The van der Waals surface area contributed by atoms with Crippen molar-refractivity contribution in [3.8, 4) is 0 Å². The Kier molecular flexibility index (Phi) is 4.47. The Balaban J connectivity index is 1.90. The molecule has 2 aromatic rings. The summed E-state index contributed by atoms with van der Waals surface area (Å²) in [4.78, 5) is 30.3. The van der Waals surface area contributed by atoms with Crippen LogP contribution in [0.3, 0.4) is 0 Å². The zero-order chi connectivity index (χ0) is 19.1. The molecule has 1 saturated heterocycles. The Morgan fingerprint density at radius 2 is 2.08 bits per heavy atom. The molecule has 1 atom stereocenters. The topological polar surface area (TPSA) is 58.4 Å². The van der Waals surface area contributed by atoms with Crippen LogP contribution in [0.5, 0.6) is 0 Å². The number of aromatic nitrogens is 2. The van der Waals surface area contributed by atoms with E-state index in [1.165, 1.54) is 12.3 Å². The number of piperazine rings is 1. The van der Waals surface area contributed by atoms with E-state index in [1.54, 1.807) is 23.9 Å². The van der Waals surface area contributed by atoms with Gasteiger partial charge >= 0.3 is 6.18 Å². The van der Waals surface area contributed by atoms with E-state index in [2.05, 4.69) is 11.6 Å². The smallest absolute Gasteiger partial charge is 0.336 e. The minimum Gasteiger partial charge on any atom is -0.336 e. The number of alkyl halides is 3. The SMILES string of the molecule is C=CC(=O)N1CCN(C(=O)c2cnc3c(ccn3C)c2)C(C(F)(F)F)C1. The maximum atomic E-state index is 13.5. The molecule has 9 heteroatoms. The van der Waals surface area contributed by atoms with Crippen molar-refractivity contribution in [1.82, 2.24) is 19.4 Å². The first-order chi connectivity index (χ1) is 12.2. The average Bonchev–Trinajstić information content (AvgIpc) is 2.99. The van der Waals surface area contributed by atoms with Crippen molar-refractivity contribution in [2.45, 2.75) is 12.2 Å². The number of fused-ring (bicyclic) bond motifs is 1. The molecular weight excluding hydrogens is 349 g/mol. The van der Waals surface area contributed by atoms with Crippen molar-refractivity contribution < 1.29 is 22.8 Å². The number of hydrogen-bond acceptors (Lipinski definition) is 3. The fraction of sp³-hybridized carbons (Fsp3) is 0.353. The first-order valence-corrected chi connectivity index (χ1v) is 7.92. The lowest BCUT2D eigenvalue weighted by atomic mass is 10.1. The molecule has 0 spiro atoms. The van der Waals surface area contributed by atoms with Gasteiger partial charge in [0.25, 0.3) is 5.91 Å². The summed E-state index contributed by atoms with van der Waals surface area (Å²) in [6, 6.07) is 1.19. The number of carbonyl (C=O) groups excluding carboxylic acids is 2. The van der Waals surface area contributed by atoms with Gasteiger partial charge in [-0.3, -0.25) is 9.59 Å². The van der Waals surface area contributed by atoms with Crippen LogP contribution < -0.4 is 0 Å². The number of halogens is 3. The van der Waals surface area contributed by atoms with Crippen LogP contribution in [0.25, 0.3) is 11.0 Å². The lowest BCUT2D eigenvalue weighted by Gasteiger charge is -2.41. The van der Waals surface area contributed by atoms with Crippen LogP contribution in [0.2, 0.25) is 0 Å². The molecule has 1 aliphatic rings. The molecule has 138 valence electrons. The lowest BCUT2D eigenvalue weighted by molar-refractivity contribution is -0.189. The van der Waals surface area contributed by atoms with Crippen LogP contribution in [0.15, 0.2) is 37.2 Å². The Bertz CT molecular complexity index is 875. The Morgan fingerprint density at radius 3 is 2.73 bits per heavy atom. The molecule has 1 unspecified atom stereocenters. The molecule has 0 radical (unpaired) electrons. The summed E-state index contributed by atoms with van der Waals surface area (Å²) in [5.74, 6) is -1.34. The number of amides is 2. The van der Waals surface area contributed by atoms with Gasteiger partial charge in [-0.1, -0.05) is 6.58 Å². The highest BCUT2D eigenvalue weighted by Crippen LogP contribution is 2.29. The maximum Gasteiger partial charge on any atom is 0.410 e. The predicted octanol–water partition coefficient (Wildman–Crippen LogP) is 1.97. The van der Waals surface area contributed by atoms with Crippen molar-refractivity contribution in [2.75, 3.05) is 19.6 Å². The van der Waals surface area contributed by atoms with E-state index >= 15 is 0 Å². The number of hydrogen-bond donors (Lipinski definition) is 0. The molecule has 2 aromatic heterocycles. The third-order valence-corrected chi connectivity index (χ3v) is 4.46. The lowest BCUT2D eigenvalue weighted by Crippen LogP contribution is -2.61. The fourth-order valence-corrected chi connectivity index (χ4v) is 3.07. The zero-order valence-electron chi connectivity index (χ0n) is 14.0. The van der Waals surface area contributed by atoms with E-state index in [0.29, 0.717) is 11.0 Å². The molecule has 0 aromatic carbocycles. The summed E-state index contributed by atoms with van der Waals surface area (Å²) in [6.45, 7) is 2.49.